The van der Waals surface area contributed by atoms with E-state index in [-0.39, 0.29) is 23.1 Å². The maximum atomic E-state index is 13.1. The molecule has 1 amide bonds. The molecule has 2 aromatic heterocycles. The zero-order valence-corrected chi connectivity index (χ0v) is 18.5. The van der Waals surface area contributed by atoms with Crippen molar-refractivity contribution in [2.45, 2.75) is 58.8 Å². The van der Waals surface area contributed by atoms with Crippen LogP contribution in [0.4, 0.5) is 0 Å². The topological polar surface area (TPSA) is 79.0 Å². The second-order valence-electron chi connectivity index (χ2n) is 7.58. The van der Waals surface area contributed by atoms with E-state index < -0.39 is 5.54 Å². The van der Waals surface area contributed by atoms with Gasteiger partial charge in [0.2, 0.25) is 5.91 Å². The third kappa shape index (κ3) is 4.36. The normalized spacial score (nSPS) is 11.8. The maximum Gasteiger partial charge on any atom is 0.263 e. The fourth-order valence-corrected chi connectivity index (χ4v) is 4.55. The van der Waals surface area contributed by atoms with Gasteiger partial charge in [0.05, 0.1) is 17.2 Å². The molecule has 146 valence electrons. The fourth-order valence-electron chi connectivity index (χ4n) is 2.55. The van der Waals surface area contributed by atoms with Gasteiger partial charge in [-0.15, -0.1) is 11.3 Å². The number of carbonyl (C=O) groups is 1. The van der Waals surface area contributed by atoms with Gasteiger partial charge in [0, 0.05) is 18.5 Å². The summed E-state index contributed by atoms with van der Waals surface area (Å²) >= 11 is 2.76. The molecule has 0 aliphatic rings. The summed E-state index contributed by atoms with van der Waals surface area (Å²) in [7, 11) is 1.62. The second-order valence-corrected chi connectivity index (χ2v) is 9.73. The molecule has 0 fully saturated rings. The van der Waals surface area contributed by atoms with Gasteiger partial charge in [0.25, 0.3) is 5.56 Å². The summed E-state index contributed by atoms with van der Waals surface area (Å²) in [6.45, 7) is 12.0. The molecule has 0 aliphatic heterocycles. The Balaban J connectivity index is 2.41. The molecule has 0 radical (unpaired) electrons. The van der Waals surface area contributed by atoms with Crippen LogP contribution in [-0.2, 0) is 11.3 Å². The number of hydrogen-bond acceptors (Lipinski definition) is 6. The minimum absolute atomic E-state index is 0.0452. The van der Waals surface area contributed by atoms with Gasteiger partial charge < -0.3 is 4.90 Å². The van der Waals surface area contributed by atoms with E-state index in [1.807, 2.05) is 27.7 Å². The first-order chi connectivity index (χ1) is 12.5. The first-order valence-corrected chi connectivity index (χ1v) is 10.6. The Morgan fingerprint density at radius 1 is 1.41 bits per heavy atom. The predicted octanol–water partition coefficient (Wildman–Crippen LogP) is 3.58. The van der Waals surface area contributed by atoms with Crippen molar-refractivity contribution >= 4 is 39.2 Å². The SMILES string of the molecule is Cc1sc2nc(SCC(=O)N(C)C(C)(C)C#N)n(CC(C)C)c(=O)c2c1C. The monoisotopic (exact) mass is 406 g/mol. The van der Waals surface area contributed by atoms with E-state index in [1.54, 1.807) is 25.5 Å². The van der Waals surface area contributed by atoms with Gasteiger partial charge in [-0.3, -0.25) is 14.2 Å². The van der Waals surface area contributed by atoms with Crippen LogP contribution in [0.5, 0.6) is 0 Å². The Kier molecular flexibility index (Phi) is 6.38. The van der Waals surface area contributed by atoms with Crippen molar-refractivity contribution in [1.29, 1.82) is 5.26 Å². The highest BCUT2D eigenvalue weighted by molar-refractivity contribution is 7.99. The van der Waals surface area contributed by atoms with Crippen LogP contribution in [0.1, 0.15) is 38.1 Å². The third-order valence-corrected chi connectivity index (χ3v) is 6.67. The zero-order chi connectivity index (χ0) is 20.5. The number of carbonyl (C=O) groups excluding carboxylic acids is 1. The molecule has 0 N–H and O–H groups in total. The molecule has 8 heteroatoms. The molecular formula is C19H26N4O2S2. The summed E-state index contributed by atoms with van der Waals surface area (Å²) < 4.78 is 1.68. The van der Waals surface area contributed by atoms with Crippen LogP contribution in [0.25, 0.3) is 10.2 Å². The highest BCUT2D eigenvalue weighted by Gasteiger charge is 2.27. The fraction of sp³-hybridized carbons (Fsp3) is 0.579. The summed E-state index contributed by atoms with van der Waals surface area (Å²) in [6.07, 6.45) is 0. The van der Waals surface area contributed by atoms with Gasteiger partial charge in [-0.25, -0.2) is 4.98 Å². The number of thiophene rings is 1. The minimum atomic E-state index is -0.880. The molecule has 0 saturated carbocycles. The van der Waals surface area contributed by atoms with Crippen molar-refractivity contribution in [3.05, 3.63) is 20.8 Å². The van der Waals surface area contributed by atoms with Crippen LogP contribution in [0, 0.1) is 31.1 Å². The van der Waals surface area contributed by atoms with Crippen LogP contribution in [0.2, 0.25) is 0 Å². The molecule has 2 aromatic rings. The van der Waals surface area contributed by atoms with E-state index >= 15 is 0 Å². The number of nitriles is 1. The number of aromatic nitrogens is 2. The van der Waals surface area contributed by atoms with Crippen LogP contribution >= 0.6 is 23.1 Å². The molecule has 0 saturated heterocycles. The molecule has 0 atom stereocenters. The van der Waals surface area contributed by atoms with Crippen molar-refractivity contribution in [2.75, 3.05) is 12.8 Å². The number of aryl methyl sites for hydroxylation is 2. The molecule has 27 heavy (non-hydrogen) atoms. The van der Waals surface area contributed by atoms with Crippen LogP contribution in [0.3, 0.4) is 0 Å². The van der Waals surface area contributed by atoms with Crippen molar-refractivity contribution in [2.24, 2.45) is 5.92 Å². The lowest BCUT2D eigenvalue weighted by atomic mass is 10.1. The van der Waals surface area contributed by atoms with Crippen LogP contribution in [0.15, 0.2) is 9.95 Å². The number of fused-ring (bicyclic) bond motifs is 1. The molecule has 2 heterocycles. The van der Waals surface area contributed by atoms with Crippen LogP contribution < -0.4 is 5.56 Å². The summed E-state index contributed by atoms with van der Waals surface area (Å²) in [6, 6.07) is 2.13. The molecule has 0 aromatic carbocycles. The molecule has 0 spiro atoms. The van der Waals surface area contributed by atoms with E-state index in [0.717, 1.165) is 15.3 Å². The largest absolute Gasteiger partial charge is 0.327 e. The van der Waals surface area contributed by atoms with Gasteiger partial charge in [0.1, 0.15) is 10.4 Å². The molecule has 6 nitrogen and oxygen atoms in total. The van der Waals surface area contributed by atoms with Crippen LogP contribution in [-0.4, -0.2) is 38.7 Å². The molecule has 0 aliphatic carbocycles. The Morgan fingerprint density at radius 2 is 2.04 bits per heavy atom. The predicted molar refractivity (Wildman–Crippen MR) is 111 cm³/mol. The Hall–Kier alpha value is -1.85. The second kappa shape index (κ2) is 8.03. The number of thioether (sulfide) groups is 1. The summed E-state index contributed by atoms with van der Waals surface area (Å²) in [5.74, 6) is 0.230. The minimum Gasteiger partial charge on any atom is -0.327 e. The van der Waals surface area contributed by atoms with Gasteiger partial charge in [-0.1, -0.05) is 25.6 Å². The number of amides is 1. The summed E-state index contributed by atoms with van der Waals surface area (Å²) in [5.41, 5.74) is 0.0542. The summed E-state index contributed by atoms with van der Waals surface area (Å²) in [5, 5.41) is 10.4. The van der Waals surface area contributed by atoms with Crippen molar-refractivity contribution in [1.82, 2.24) is 14.5 Å². The molecule has 0 unspecified atom stereocenters. The van der Waals surface area contributed by atoms with E-state index in [0.29, 0.717) is 17.1 Å². The number of nitrogens with zero attached hydrogens (tertiary/aromatic N) is 4. The first kappa shape index (κ1) is 21.5. The Labute approximate surface area is 168 Å². The maximum absolute atomic E-state index is 13.1. The third-order valence-electron chi connectivity index (χ3n) is 4.61. The highest BCUT2D eigenvalue weighted by Crippen LogP contribution is 2.29. The van der Waals surface area contributed by atoms with E-state index in [2.05, 4.69) is 6.07 Å². The molecule has 0 bridgehead atoms. The average Bonchev–Trinajstić information content (AvgIpc) is 2.88. The van der Waals surface area contributed by atoms with E-state index in [9.17, 15) is 14.9 Å². The molecule has 2 rings (SSSR count). The van der Waals surface area contributed by atoms with E-state index in [4.69, 9.17) is 4.98 Å². The standard InChI is InChI=1S/C19H26N4O2S2/c1-11(2)8-23-17(25)15-12(3)13(4)27-16(15)21-18(23)26-9-14(24)22(7)19(5,6)10-20/h11H,8-9H2,1-7H3. The lowest BCUT2D eigenvalue weighted by molar-refractivity contribution is -0.130. The lowest BCUT2D eigenvalue weighted by Crippen LogP contribution is -2.44. The molecular weight excluding hydrogens is 380 g/mol. The van der Waals surface area contributed by atoms with Crippen molar-refractivity contribution < 1.29 is 4.79 Å². The van der Waals surface area contributed by atoms with Gasteiger partial charge >= 0.3 is 0 Å². The zero-order valence-electron chi connectivity index (χ0n) is 16.9. The summed E-state index contributed by atoms with van der Waals surface area (Å²) in [4.78, 5) is 33.5. The first-order valence-electron chi connectivity index (χ1n) is 8.80. The Bertz CT molecular complexity index is 967. The highest BCUT2D eigenvalue weighted by atomic mass is 32.2. The van der Waals surface area contributed by atoms with Gasteiger partial charge in [-0.05, 0) is 39.2 Å². The quantitative estimate of drug-likeness (QED) is 0.541. The van der Waals surface area contributed by atoms with Crippen molar-refractivity contribution in [3.8, 4) is 6.07 Å². The Morgan fingerprint density at radius 3 is 2.59 bits per heavy atom. The lowest BCUT2D eigenvalue weighted by Gasteiger charge is -2.29. The van der Waals surface area contributed by atoms with Gasteiger partial charge in [0.15, 0.2) is 5.16 Å². The number of hydrogen-bond donors (Lipinski definition) is 0. The van der Waals surface area contributed by atoms with Gasteiger partial charge in [-0.2, -0.15) is 5.26 Å². The average molecular weight is 407 g/mol. The van der Waals surface area contributed by atoms with E-state index in [1.165, 1.54) is 28.0 Å². The van der Waals surface area contributed by atoms with Crippen molar-refractivity contribution in [3.63, 3.8) is 0 Å². The number of rotatable bonds is 6. The smallest absolute Gasteiger partial charge is 0.263 e.